The SMILES string of the molecule is C.CC(C)CCCn1ccnc1.CC(C)CCn1ccnc1.CC(C)OCCCn1ccnc1.CC(C)OCCn1ccnc1.CCCCCOC(C)C.CCCOCC(C)C. The molecule has 0 bridgehead atoms. The molecule has 0 fully saturated rings. The average molecular weight is 875 g/mol. The molecule has 0 aliphatic heterocycles. The smallest absolute Gasteiger partial charge is 0.0946 e. The Labute approximate surface area is 382 Å². The molecule has 0 saturated heterocycles. The number of rotatable bonds is 25. The van der Waals surface area contributed by atoms with Crippen molar-refractivity contribution in [3.05, 3.63) is 74.9 Å². The molecule has 4 aromatic rings. The van der Waals surface area contributed by atoms with E-state index in [1.807, 2.05) is 74.6 Å². The highest BCUT2D eigenvalue weighted by Crippen LogP contribution is 2.05. The summed E-state index contributed by atoms with van der Waals surface area (Å²) in [4.78, 5) is 15.8. The molecule has 4 heterocycles. The summed E-state index contributed by atoms with van der Waals surface area (Å²) < 4.78 is 29.7. The molecule has 0 aliphatic rings. The molecular formula is C50H98N8O4. The first-order chi connectivity index (χ1) is 29.2. The Morgan fingerprint density at radius 2 is 0.806 bits per heavy atom. The van der Waals surface area contributed by atoms with Gasteiger partial charge in [-0.15, -0.1) is 0 Å². The molecule has 362 valence electrons. The molecule has 0 amide bonds. The van der Waals surface area contributed by atoms with Crippen LogP contribution < -0.4 is 0 Å². The van der Waals surface area contributed by atoms with Crippen LogP contribution in [0.4, 0.5) is 0 Å². The van der Waals surface area contributed by atoms with E-state index in [4.69, 9.17) is 18.9 Å². The van der Waals surface area contributed by atoms with Gasteiger partial charge in [-0.3, -0.25) is 0 Å². The van der Waals surface area contributed by atoms with Crippen LogP contribution in [0.3, 0.4) is 0 Å². The van der Waals surface area contributed by atoms with Gasteiger partial charge in [0, 0.05) is 102 Å². The van der Waals surface area contributed by atoms with Crippen molar-refractivity contribution in [1.29, 1.82) is 0 Å². The van der Waals surface area contributed by atoms with Crippen LogP contribution >= 0.6 is 0 Å². The molecule has 0 aliphatic carbocycles. The highest BCUT2D eigenvalue weighted by Gasteiger charge is 1.97. The summed E-state index contributed by atoms with van der Waals surface area (Å²) in [5.41, 5.74) is 0. The maximum atomic E-state index is 5.41. The maximum absolute atomic E-state index is 5.41. The zero-order valence-corrected chi connectivity index (χ0v) is 41.6. The van der Waals surface area contributed by atoms with E-state index in [1.165, 1.54) is 38.5 Å². The summed E-state index contributed by atoms with van der Waals surface area (Å²) in [6, 6.07) is 0. The third kappa shape index (κ3) is 49.3. The van der Waals surface area contributed by atoms with Crippen molar-refractivity contribution in [3.8, 4) is 0 Å². The Balaban J connectivity index is -0.000000675. The average Bonchev–Trinajstić information content (AvgIpc) is 4.06. The van der Waals surface area contributed by atoms with E-state index < -0.39 is 0 Å². The van der Waals surface area contributed by atoms with Gasteiger partial charge in [-0.2, -0.15) is 0 Å². The van der Waals surface area contributed by atoms with Crippen molar-refractivity contribution < 1.29 is 18.9 Å². The fraction of sp³-hybridized carbons (Fsp3) is 0.760. The number of nitrogens with zero attached hydrogens (tertiary/aromatic N) is 8. The molecule has 0 atom stereocenters. The predicted octanol–water partition coefficient (Wildman–Crippen LogP) is 12.6. The van der Waals surface area contributed by atoms with Gasteiger partial charge in [-0.25, -0.2) is 19.9 Å². The lowest BCUT2D eigenvalue weighted by molar-refractivity contribution is 0.0727. The van der Waals surface area contributed by atoms with Gasteiger partial charge in [0.1, 0.15) is 0 Å². The summed E-state index contributed by atoms with van der Waals surface area (Å²) >= 11 is 0. The Morgan fingerprint density at radius 3 is 1.18 bits per heavy atom. The minimum atomic E-state index is 0. The second kappa shape index (κ2) is 45.7. The summed E-state index contributed by atoms with van der Waals surface area (Å²) in [6.45, 7) is 38.4. The van der Waals surface area contributed by atoms with E-state index in [0.717, 1.165) is 83.9 Å². The number of ether oxygens (including phenoxy) is 4. The van der Waals surface area contributed by atoms with Crippen molar-refractivity contribution in [3.63, 3.8) is 0 Å². The van der Waals surface area contributed by atoms with Crippen LogP contribution in [0.1, 0.15) is 156 Å². The van der Waals surface area contributed by atoms with E-state index in [1.54, 1.807) is 18.7 Å². The van der Waals surface area contributed by atoms with Gasteiger partial charge in [0.15, 0.2) is 0 Å². The third-order valence-electron chi connectivity index (χ3n) is 8.21. The lowest BCUT2D eigenvalue weighted by atomic mass is 10.1. The maximum Gasteiger partial charge on any atom is 0.0946 e. The predicted molar refractivity (Wildman–Crippen MR) is 263 cm³/mol. The highest BCUT2D eigenvalue weighted by molar-refractivity contribution is 4.75. The van der Waals surface area contributed by atoms with Gasteiger partial charge >= 0.3 is 0 Å². The Hall–Kier alpha value is -3.32. The molecule has 0 radical (unpaired) electrons. The number of imidazole rings is 4. The van der Waals surface area contributed by atoms with Crippen LogP contribution in [0.5, 0.6) is 0 Å². The van der Waals surface area contributed by atoms with Crippen LogP contribution in [-0.4, -0.2) is 89.6 Å². The molecule has 12 nitrogen and oxygen atoms in total. The summed E-state index contributed by atoms with van der Waals surface area (Å²) in [5, 5.41) is 0. The topological polar surface area (TPSA) is 108 Å². The zero-order chi connectivity index (χ0) is 45.9. The number of unbranched alkanes of at least 4 members (excludes halogenated alkanes) is 2. The van der Waals surface area contributed by atoms with Crippen molar-refractivity contribution in [1.82, 2.24) is 38.2 Å². The van der Waals surface area contributed by atoms with Crippen LogP contribution in [0.2, 0.25) is 0 Å². The van der Waals surface area contributed by atoms with Gasteiger partial charge in [0.05, 0.1) is 50.2 Å². The first-order valence-electron chi connectivity index (χ1n) is 23.4. The summed E-state index contributed by atoms with van der Waals surface area (Å²) in [7, 11) is 0. The molecule has 0 unspecified atom stereocenters. The molecule has 4 rings (SSSR count). The normalized spacial score (nSPS) is 10.6. The van der Waals surface area contributed by atoms with E-state index >= 15 is 0 Å². The van der Waals surface area contributed by atoms with Crippen molar-refractivity contribution >= 4 is 0 Å². The van der Waals surface area contributed by atoms with Crippen molar-refractivity contribution in [2.75, 3.05) is 33.0 Å². The van der Waals surface area contributed by atoms with Gasteiger partial charge in [-0.1, -0.05) is 75.7 Å². The molecule has 0 spiro atoms. The largest absolute Gasteiger partial charge is 0.381 e. The fourth-order valence-electron chi connectivity index (χ4n) is 4.86. The minimum absolute atomic E-state index is 0. The fourth-order valence-corrected chi connectivity index (χ4v) is 4.86. The van der Waals surface area contributed by atoms with Gasteiger partial charge in [0.25, 0.3) is 0 Å². The number of aromatic nitrogens is 8. The summed E-state index contributed by atoms with van der Waals surface area (Å²) in [5.74, 6) is 2.28. The second-order valence-corrected chi connectivity index (χ2v) is 17.2. The van der Waals surface area contributed by atoms with Gasteiger partial charge < -0.3 is 37.2 Å². The molecule has 12 heteroatoms. The number of hydrogen-bond donors (Lipinski definition) is 0. The first kappa shape index (κ1) is 63.0. The van der Waals surface area contributed by atoms with Crippen molar-refractivity contribution in [2.45, 2.75) is 200 Å². The highest BCUT2D eigenvalue weighted by atomic mass is 16.5. The Bertz CT molecular complexity index is 1280. The monoisotopic (exact) mass is 875 g/mol. The van der Waals surface area contributed by atoms with E-state index in [0.29, 0.717) is 24.2 Å². The standard InChI is InChI=1S/C9H16N2O.C9H16N2.C8H14N2O.C8H14N2.C8H18O.C7H16O.CH4/c1-9(2)12-7-3-5-11-6-4-10-8-11;1-9(2)4-3-6-11-7-5-10-8-11;1-8(2)11-6-5-10-4-3-9-7-10;1-8(2)3-5-10-6-4-9-7-10;1-4-5-6-7-9-8(2)3;1-4-5-8-6-7(2)3;/h4,6,8-9H,3,5,7H2,1-2H3;5,7-9H,3-4,6H2,1-2H3;3-4,7-8H,5-6H2,1-2H3;4,6-8H,3,5H2,1-2H3;8H,4-7H2,1-3H3;7H,4-6H2,1-3H3;1H4. The van der Waals surface area contributed by atoms with E-state index in [-0.39, 0.29) is 7.43 Å². The molecule has 0 saturated carbocycles. The molecule has 0 aromatic carbocycles. The third-order valence-corrected chi connectivity index (χ3v) is 8.21. The van der Waals surface area contributed by atoms with E-state index in [9.17, 15) is 0 Å². The first-order valence-corrected chi connectivity index (χ1v) is 23.4. The van der Waals surface area contributed by atoms with Crippen LogP contribution in [-0.2, 0) is 45.1 Å². The zero-order valence-electron chi connectivity index (χ0n) is 41.6. The molecular weight excluding hydrogens is 777 g/mol. The minimum Gasteiger partial charge on any atom is -0.381 e. The Morgan fingerprint density at radius 1 is 0.403 bits per heavy atom. The lowest BCUT2D eigenvalue weighted by Gasteiger charge is -2.06. The molecule has 0 N–H and O–H groups in total. The number of aryl methyl sites for hydroxylation is 3. The quantitative estimate of drug-likeness (QED) is 0.0606. The Kier molecular flexibility index (Phi) is 46.4. The van der Waals surface area contributed by atoms with Crippen molar-refractivity contribution in [2.24, 2.45) is 17.8 Å². The lowest BCUT2D eigenvalue weighted by Crippen LogP contribution is -2.09. The van der Waals surface area contributed by atoms with Crippen LogP contribution in [0.15, 0.2) is 74.9 Å². The summed E-state index contributed by atoms with van der Waals surface area (Å²) in [6.07, 6.45) is 33.3. The number of hydrogen-bond acceptors (Lipinski definition) is 8. The van der Waals surface area contributed by atoms with E-state index in [2.05, 4.69) is 117 Å². The molecule has 62 heavy (non-hydrogen) atoms. The van der Waals surface area contributed by atoms with Crippen LogP contribution in [0, 0.1) is 17.8 Å². The van der Waals surface area contributed by atoms with Gasteiger partial charge in [0.2, 0.25) is 0 Å². The van der Waals surface area contributed by atoms with Gasteiger partial charge in [-0.05, 0) is 97.8 Å². The van der Waals surface area contributed by atoms with Crippen LogP contribution in [0.25, 0.3) is 0 Å². The molecule has 4 aromatic heterocycles. The second-order valence-electron chi connectivity index (χ2n) is 17.2.